The summed E-state index contributed by atoms with van der Waals surface area (Å²) in [5, 5.41) is 11.7. The van der Waals surface area contributed by atoms with Gasteiger partial charge in [0.25, 0.3) is 0 Å². The van der Waals surface area contributed by atoms with Crippen LogP contribution < -0.4 is 5.32 Å². The summed E-state index contributed by atoms with van der Waals surface area (Å²) >= 11 is 1.84. The monoisotopic (exact) mass is 331 g/mol. The predicted molar refractivity (Wildman–Crippen MR) is 92.8 cm³/mol. The Morgan fingerprint density at radius 3 is 2.30 bits per heavy atom. The minimum atomic E-state index is -0.490. The summed E-state index contributed by atoms with van der Waals surface area (Å²) in [6, 6.07) is 11.9. The van der Waals surface area contributed by atoms with Crippen LogP contribution in [0.5, 0.6) is 0 Å². The van der Waals surface area contributed by atoms with Gasteiger partial charge in [0, 0.05) is 16.2 Å². The number of aromatic nitrogens is 2. The van der Waals surface area contributed by atoms with Crippen LogP contribution in [0.15, 0.2) is 41.3 Å². The summed E-state index contributed by atoms with van der Waals surface area (Å²) < 4.78 is 4.60. The highest BCUT2D eigenvalue weighted by Crippen LogP contribution is 2.25. The van der Waals surface area contributed by atoms with Crippen LogP contribution in [0.25, 0.3) is 0 Å². The maximum absolute atomic E-state index is 11.3. The maximum atomic E-state index is 11.3. The van der Waals surface area contributed by atoms with Crippen molar-refractivity contribution in [2.45, 2.75) is 37.0 Å². The largest absolute Gasteiger partial charge is 0.464 e. The number of carbonyl (C=O) groups excluding carboxylic acids is 1. The molecular weight excluding hydrogens is 310 g/mol. The molecule has 1 N–H and O–H groups in total. The van der Waals surface area contributed by atoms with E-state index in [0.717, 1.165) is 5.56 Å². The van der Waals surface area contributed by atoms with E-state index in [9.17, 15) is 4.79 Å². The lowest BCUT2D eigenvalue weighted by atomic mass is 10.1. The minimum Gasteiger partial charge on any atom is -0.464 e. The molecule has 2 rings (SSSR count). The highest BCUT2D eigenvalue weighted by Gasteiger charge is 2.10. The molecule has 0 bridgehead atoms. The number of thioether (sulfide) groups is 1. The predicted octanol–water partition coefficient (Wildman–Crippen LogP) is 3.94. The van der Waals surface area contributed by atoms with Crippen molar-refractivity contribution in [3.05, 3.63) is 47.7 Å². The Kier molecular flexibility index (Phi) is 5.98. The molecule has 0 aliphatic heterocycles. The van der Waals surface area contributed by atoms with Crippen molar-refractivity contribution in [3.63, 3.8) is 0 Å². The molecule has 0 saturated carbocycles. The molecule has 122 valence electrons. The highest BCUT2D eigenvalue weighted by molar-refractivity contribution is 7.99. The Hall–Kier alpha value is -2.08. The Labute approximate surface area is 140 Å². The number of nitrogens with one attached hydrogen (secondary N) is 1. The van der Waals surface area contributed by atoms with Crippen molar-refractivity contribution in [2.75, 3.05) is 12.4 Å². The molecule has 1 aromatic heterocycles. The number of methoxy groups -OCH3 is 1. The molecule has 0 aliphatic rings. The molecule has 0 fully saturated rings. The van der Waals surface area contributed by atoms with Crippen molar-refractivity contribution >= 4 is 23.5 Å². The Morgan fingerprint density at radius 2 is 1.78 bits per heavy atom. The van der Waals surface area contributed by atoms with E-state index in [4.69, 9.17) is 0 Å². The number of ether oxygens (including phenoxy) is 1. The van der Waals surface area contributed by atoms with Crippen molar-refractivity contribution < 1.29 is 9.53 Å². The lowest BCUT2D eigenvalue weighted by Crippen LogP contribution is -2.10. The SMILES string of the molecule is COC(=O)c1ccc(NC(C)c2ccc(SC(C)C)cc2)nn1. The molecule has 5 nitrogen and oxygen atoms in total. The summed E-state index contributed by atoms with van der Waals surface area (Å²) in [6.45, 7) is 6.42. The number of rotatable bonds is 6. The summed E-state index contributed by atoms with van der Waals surface area (Å²) in [7, 11) is 1.32. The number of hydrogen-bond acceptors (Lipinski definition) is 6. The third-order valence-corrected chi connectivity index (χ3v) is 4.19. The third-order valence-electron chi connectivity index (χ3n) is 3.18. The lowest BCUT2D eigenvalue weighted by molar-refractivity contribution is 0.0593. The van der Waals surface area contributed by atoms with Gasteiger partial charge in [0.1, 0.15) is 5.82 Å². The molecule has 0 radical (unpaired) electrons. The van der Waals surface area contributed by atoms with Gasteiger partial charge in [-0.15, -0.1) is 22.0 Å². The molecule has 2 aromatic rings. The zero-order chi connectivity index (χ0) is 16.8. The topological polar surface area (TPSA) is 64.1 Å². The quantitative estimate of drug-likeness (QED) is 0.639. The first kappa shape index (κ1) is 17.3. The summed E-state index contributed by atoms with van der Waals surface area (Å²) in [6.07, 6.45) is 0. The van der Waals surface area contributed by atoms with Gasteiger partial charge in [0.2, 0.25) is 0 Å². The van der Waals surface area contributed by atoms with Crippen LogP contribution in [0.3, 0.4) is 0 Å². The first-order chi connectivity index (χ1) is 11.0. The smallest absolute Gasteiger partial charge is 0.358 e. The third kappa shape index (κ3) is 4.96. The van der Waals surface area contributed by atoms with E-state index in [0.29, 0.717) is 11.1 Å². The molecule has 0 aliphatic carbocycles. The molecule has 6 heteroatoms. The Morgan fingerprint density at radius 1 is 1.09 bits per heavy atom. The number of carbonyl (C=O) groups is 1. The van der Waals surface area contributed by atoms with Crippen LogP contribution in [0.4, 0.5) is 5.82 Å². The standard InChI is InChI=1S/C17H21N3O2S/c1-11(2)23-14-7-5-13(6-8-14)12(3)18-16-10-9-15(19-20-16)17(21)22-4/h5-12H,1-4H3,(H,18,20). The molecule has 0 saturated heterocycles. The van der Waals surface area contributed by atoms with Crippen LogP contribution in [0.2, 0.25) is 0 Å². The van der Waals surface area contributed by atoms with Crippen LogP contribution in [-0.2, 0) is 4.74 Å². The van der Waals surface area contributed by atoms with E-state index in [1.54, 1.807) is 12.1 Å². The lowest BCUT2D eigenvalue weighted by Gasteiger charge is -2.15. The number of nitrogens with zero attached hydrogens (tertiary/aromatic N) is 2. The molecule has 0 amide bonds. The zero-order valence-corrected chi connectivity index (χ0v) is 14.6. The second kappa shape index (κ2) is 7.97. The van der Waals surface area contributed by atoms with E-state index < -0.39 is 5.97 Å². The van der Waals surface area contributed by atoms with Gasteiger partial charge in [0.15, 0.2) is 5.69 Å². The molecule has 1 unspecified atom stereocenters. The Balaban J connectivity index is 2.00. The van der Waals surface area contributed by atoms with Gasteiger partial charge in [-0.25, -0.2) is 4.79 Å². The highest BCUT2D eigenvalue weighted by atomic mass is 32.2. The van der Waals surface area contributed by atoms with Gasteiger partial charge >= 0.3 is 5.97 Å². The normalized spacial score (nSPS) is 12.0. The van der Waals surface area contributed by atoms with Gasteiger partial charge in [0.05, 0.1) is 7.11 Å². The molecule has 23 heavy (non-hydrogen) atoms. The second-order valence-electron chi connectivity index (χ2n) is 5.40. The van der Waals surface area contributed by atoms with Gasteiger partial charge in [-0.2, -0.15) is 0 Å². The van der Waals surface area contributed by atoms with Crippen molar-refractivity contribution in [2.24, 2.45) is 0 Å². The number of esters is 1. The van der Waals surface area contributed by atoms with Crippen molar-refractivity contribution in [1.29, 1.82) is 0 Å². The fourth-order valence-corrected chi connectivity index (χ4v) is 2.87. The Bertz CT molecular complexity index is 642. The van der Waals surface area contributed by atoms with Gasteiger partial charge < -0.3 is 10.1 Å². The van der Waals surface area contributed by atoms with E-state index in [1.165, 1.54) is 12.0 Å². The van der Waals surface area contributed by atoms with E-state index >= 15 is 0 Å². The first-order valence-corrected chi connectivity index (χ1v) is 8.32. The van der Waals surface area contributed by atoms with Crippen LogP contribution in [-0.4, -0.2) is 28.5 Å². The first-order valence-electron chi connectivity index (χ1n) is 7.44. The fourth-order valence-electron chi connectivity index (χ4n) is 2.04. The van der Waals surface area contributed by atoms with E-state index in [2.05, 4.69) is 65.3 Å². The van der Waals surface area contributed by atoms with E-state index in [-0.39, 0.29) is 11.7 Å². The molecule has 0 spiro atoms. The molecule has 1 heterocycles. The number of hydrogen-bond donors (Lipinski definition) is 1. The van der Waals surface area contributed by atoms with Gasteiger partial charge in [-0.1, -0.05) is 26.0 Å². The van der Waals surface area contributed by atoms with Crippen LogP contribution >= 0.6 is 11.8 Å². The average Bonchev–Trinajstić information content (AvgIpc) is 2.55. The summed E-state index contributed by atoms with van der Waals surface area (Å²) in [5.41, 5.74) is 1.36. The number of anilines is 1. The molecular formula is C17H21N3O2S. The van der Waals surface area contributed by atoms with Crippen LogP contribution in [0.1, 0.15) is 42.9 Å². The van der Waals surface area contributed by atoms with E-state index in [1.807, 2.05) is 11.8 Å². The zero-order valence-electron chi connectivity index (χ0n) is 13.7. The molecule has 1 atom stereocenters. The molecule has 1 aromatic carbocycles. The van der Waals surface area contributed by atoms with Crippen LogP contribution in [0, 0.1) is 0 Å². The van der Waals surface area contributed by atoms with Crippen molar-refractivity contribution in [1.82, 2.24) is 10.2 Å². The second-order valence-corrected chi connectivity index (χ2v) is 7.05. The van der Waals surface area contributed by atoms with Gasteiger partial charge in [-0.3, -0.25) is 0 Å². The summed E-state index contributed by atoms with van der Waals surface area (Å²) in [5.74, 6) is 0.126. The van der Waals surface area contributed by atoms with Gasteiger partial charge in [-0.05, 0) is 36.8 Å². The fraction of sp³-hybridized carbons (Fsp3) is 0.353. The minimum absolute atomic E-state index is 0.0892. The van der Waals surface area contributed by atoms with Crippen molar-refractivity contribution in [3.8, 4) is 0 Å². The average molecular weight is 331 g/mol. The number of benzene rings is 1. The maximum Gasteiger partial charge on any atom is 0.358 e. The summed E-state index contributed by atoms with van der Waals surface area (Å²) in [4.78, 5) is 12.6.